The number of halogens is 3. The van der Waals surface area contributed by atoms with Crippen molar-refractivity contribution in [3.05, 3.63) is 125 Å². The molecule has 2 unspecified atom stereocenters. The Kier molecular flexibility index (Phi) is 22.4. The third-order valence-corrected chi connectivity index (χ3v) is 11.1. The summed E-state index contributed by atoms with van der Waals surface area (Å²) < 4.78 is 71.3. The fraction of sp³-hybridized carbons (Fsp3) is 0.404. The highest BCUT2D eigenvalue weighted by Gasteiger charge is 2.42. The highest BCUT2D eigenvalue weighted by Crippen LogP contribution is 2.32. The summed E-state index contributed by atoms with van der Waals surface area (Å²) in [7, 11) is 5.45. The zero-order valence-electron chi connectivity index (χ0n) is 42.3. The maximum Gasteiger partial charge on any atom is 0.416 e. The van der Waals surface area contributed by atoms with Crippen molar-refractivity contribution in [1.29, 1.82) is 0 Å². The third-order valence-electron chi connectivity index (χ3n) is 11.1. The molecule has 5 rings (SSSR count). The van der Waals surface area contributed by atoms with Gasteiger partial charge in [0.15, 0.2) is 35.1 Å². The molecular formula is C52H60F3N5O14. The van der Waals surface area contributed by atoms with Gasteiger partial charge in [0, 0.05) is 30.4 Å². The van der Waals surface area contributed by atoms with E-state index in [-0.39, 0.29) is 42.4 Å². The molecule has 3 aromatic carbocycles. The lowest BCUT2D eigenvalue weighted by atomic mass is 9.91. The SMILES string of the molecule is CNC(=O)C(=NOC)c1ccccc1C=NOC(C)c1cccc(C(F)(F)F)c1.COC(=O)C(C)CCOc1c(OC)ccnc1C(=O)N[C@H]1COC(=O)[C@H](Cc2ccccc2)[C@@H](OC(=O)C(C)C)[C@H](C)OC1=O. The number of esters is 4. The number of cyclic esters (lactones) is 2. The second-order valence-corrected chi connectivity index (χ2v) is 16.8. The fourth-order valence-corrected chi connectivity index (χ4v) is 6.98. The second kappa shape index (κ2) is 28.3. The number of carbonyl (C=O) groups excluding carboxylic acids is 6. The van der Waals surface area contributed by atoms with E-state index in [1.165, 1.54) is 65.9 Å². The van der Waals surface area contributed by atoms with Crippen molar-refractivity contribution in [2.45, 2.75) is 78.0 Å². The van der Waals surface area contributed by atoms with Crippen LogP contribution < -0.4 is 20.1 Å². The molecular weight excluding hydrogens is 976 g/mol. The van der Waals surface area contributed by atoms with E-state index in [4.69, 9.17) is 38.1 Å². The standard InChI is InChI=1S/C32H40N2O11.C20H20F3N3O3/c1-18(2)29(36)45-26-20(4)44-32(39)23(17-43-31(38)22(26)16-21-10-8-7-9-11-21)34-28(35)25-27(24(40-5)12-14-33-25)42-15-13-19(3)30(37)41-6;1-13(14-8-6-9-16(11-14)20(21,22)23)29-25-12-15-7-4-5-10-17(15)18(26-28-3)19(27)24-2/h7-12,14,18-20,22-23,26H,13,15-17H2,1-6H3,(H,34,35);4-13H,1-3H3,(H,24,27)/t19?,20-,22+,23-,26-;/m0./s1. The van der Waals surface area contributed by atoms with Gasteiger partial charge in [-0.3, -0.25) is 24.0 Å². The van der Waals surface area contributed by atoms with Gasteiger partial charge >= 0.3 is 30.1 Å². The number of methoxy groups -OCH3 is 2. The molecule has 2 heterocycles. The predicted octanol–water partition coefficient (Wildman–Crippen LogP) is 6.60. The van der Waals surface area contributed by atoms with Crippen LogP contribution in [0, 0.1) is 17.8 Å². The Morgan fingerprint density at radius 3 is 2.26 bits per heavy atom. The highest BCUT2D eigenvalue weighted by molar-refractivity contribution is 6.46. The zero-order valence-corrected chi connectivity index (χ0v) is 42.3. The lowest BCUT2D eigenvalue weighted by Gasteiger charge is -2.29. The monoisotopic (exact) mass is 1040 g/mol. The summed E-state index contributed by atoms with van der Waals surface area (Å²) in [6.45, 7) is 7.54. The second-order valence-electron chi connectivity index (χ2n) is 16.8. The third kappa shape index (κ3) is 16.8. The van der Waals surface area contributed by atoms with Gasteiger partial charge in [0.25, 0.3) is 11.8 Å². The minimum atomic E-state index is -4.44. The van der Waals surface area contributed by atoms with E-state index < -0.39 is 96.1 Å². The molecule has 0 radical (unpaired) electrons. The number of benzene rings is 3. The van der Waals surface area contributed by atoms with Gasteiger partial charge in [0.05, 0.1) is 44.4 Å². The molecule has 398 valence electrons. The molecule has 19 nitrogen and oxygen atoms in total. The summed E-state index contributed by atoms with van der Waals surface area (Å²) in [5, 5.41) is 12.6. The molecule has 0 bridgehead atoms. The quantitative estimate of drug-likeness (QED) is 0.0436. The van der Waals surface area contributed by atoms with Crippen molar-refractivity contribution in [1.82, 2.24) is 15.6 Å². The molecule has 4 aromatic rings. The molecule has 1 fully saturated rings. The number of ether oxygens (including phenoxy) is 6. The van der Waals surface area contributed by atoms with E-state index in [0.717, 1.165) is 17.7 Å². The Morgan fingerprint density at radius 2 is 1.61 bits per heavy atom. The van der Waals surface area contributed by atoms with Crippen LogP contribution in [0.1, 0.15) is 85.4 Å². The van der Waals surface area contributed by atoms with Crippen LogP contribution in [0.5, 0.6) is 11.5 Å². The molecule has 1 aromatic heterocycles. The van der Waals surface area contributed by atoms with E-state index in [9.17, 15) is 41.9 Å². The number of pyridine rings is 1. The molecule has 1 aliphatic heterocycles. The van der Waals surface area contributed by atoms with Crippen molar-refractivity contribution in [3.8, 4) is 11.5 Å². The van der Waals surface area contributed by atoms with Gasteiger partial charge in [0.1, 0.15) is 31.8 Å². The smallest absolute Gasteiger partial charge is 0.416 e. The normalized spacial score (nSPS) is 17.8. The maximum atomic E-state index is 13.4. The number of amides is 2. The lowest BCUT2D eigenvalue weighted by molar-refractivity contribution is -0.176. The van der Waals surface area contributed by atoms with Crippen LogP contribution in [-0.4, -0.2) is 112 Å². The van der Waals surface area contributed by atoms with E-state index in [1.54, 1.807) is 52.0 Å². The largest absolute Gasteiger partial charge is 0.493 e. The molecule has 74 heavy (non-hydrogen) atoms. The zero-order chi connectivity index (χ0) is 54.5. The first-order chi connectivity index (χ1) is 35.2. The molecule has 22 heteroatoms. The van der Waals surface area contributed by atoms with Crippen LogP contribution >= 0.6 is 0 Å². The number of likely N-dealkylation sites (N-methyl/N-ethyl adjacent to an activating group) is 1. The summed E-state index contributed by atoms with van der Waals surface area (Å²) in [5.74, 6) is -5.70. The summed E-state index contributed by atoms with van der Waals surface area (Å²) >= 11 is 0. The van der Waals surface area contributed by atoms with E-state index in [2.05, 4.69) is 25.9 Å². The number of rotatable bonds is 19. The Morgan fingerprint density at radius 1 is 0.905 bits per heavy atom. The van der Waals surface area contributed by atoms with Gasteiger partial charge in [-0.1, -0.05) is 97.8 Å². The number of aromatic nitrogens is 1. The molecule has 0 saturated carbocycles. The van der Waals surface area contributed by atoms with Crippen LogP contribution in [-0.2, 0) is 65.2 Å². The van der Waals surface area contributed by atoms with Gasteiger partial charge in [0.2, 0.25) is 0 Å². The van der Waals surface area contributed by atoms with E-state index in [0.29, 0.717) is 16.7 Å². The Bertz CT molecular complexity index is 2610. The molecule has 1 saturated heterocycles. The lowest BCUT2D eigenvalue weighted by Crippen LogP contribution is -2.47. The number of nitrogens with one attached hydrogen (secondary N) is 2. The molecule has 0 aliphatic carbocycles. The van der Waals surface area contributed by atoms with Gasteiger partial charge in [-0.2, -0.15) is 13.2 Å². The van der Waals surface area contributed by atoms with Crippen molar-refractivity contribution < 1.29 is 80.0 Å². The van der Waals surface area contributed by atoms with Crippen LogP contribution in [0.4, 0.5) is 13.2 Å². The van der Waals surface area contributed by atoms with Crippen LogP contribution in [0.3, 0.4) is 0 Å². The summed E-state index contributed by atoms with van der Waals surface area (Å²) in [5.41, 5.74) is 1.16. The van der Waals surface area contributed by atoms with Crippen molar-refractivity contribution >= 4 is 47.6 Å². The minimum absolute atomic E-state index is 0.0139. The fourth-order valence-electron chi connectivity index (χ4n) is 6.98. The first-order valence-electron chi connectivity index (χ1n) is 23.2. The summed E-state index contributed by atoms with van der Waals surface area (Å²) in [6, 6.07) is 20.8. The number of carbonyl (C=O) groups is 6. The van der Waals surface area contributed by atoms with Gasteiger partial charge in [-0.15, -0.1) is 0 Å². The highest BCUT2D eigenvalue weighted by atomic mass is 19.4. The predicted molar refractivity (Wildman–Crippen MR) is 261 cm³/mol. The van der Waals surface area contributed by atoms with Crippen LogP contribution in [0.15, 0.2) is 101 Å². The van der Waals surface area contributed by atoms with E-state index in [1.807, 2.05) is 30.3 Å². The summed E-state index contributed by atoms with van der Waals surface area (Å²) in [4.78, 5) is 90.7. The van der Waals surface area contributed by atoms with Crippen molar-refractivity contribution in [3.63, 3.8) is 0 Å². The van der Waals surface area contributed by atoms with Gasteiger partial charge in [-0.25, -0.2) is 9.78 Å². The maximum absolute atomic E-state index is 13.4. The Hall–Kier alpha value is -8.04. The number of alkyl halides is 3. The average molecular weight is 1040 g/mol. The van der Waals surface area contributed by atoms with Crippen LogP contribution in [0.25, 0.3) is 0 Å². The number of hydrogen-bond donors (Lipinski definition) is 2. The number of oxime groups is 2. The summed E-state index contributed by atoms with van der Waals surface area (Å²) in [6.07, 6.45) is -4.26. The Balaban J connectivity index is 0.000000352. The number of nitrogens with zero attached hydrogens (tertiary/aromatic N) is 3. The first-order valence-corrected chi connectivity index (χ1v) is 23.2. The first kappa shape index (κ1) is 58.5. The van der Waals surface area contributed by atoms with E-state index >= 15 is 0 Å². The van der Waals surface area contributed by atoms with Crippen LogP contribution in [0.2, 0.25) is 0 Å². The minimum Gasteiger partial charge on any atom is -0.493 e. The van der Waals surface area contributed by atoms with Gasteiger partial charge < -0.3 is 48.7 Å². The van der Waals surface area contributed by atoms with Gasteiger partial charge in [-0.05, 0) is 49.9 Å². The topological polar surface area (TPSA) is 238 Å². The average Bonchev–Trinajstić information content (AvgIpc) is 3.42. The number of hydrogen-bond acceptors (Lipinski definition) is 17. The Labute approximate surface area is 426 Å². The molecule has 0 spiro atoms. The molecule has 1 aliphatic rings. The molecule has 2 amide bonds. The molecule has 6 atom stereocenters. The van der Waals surface area contributed by atoms with Crippen molar-refractivity contribution in [2.75, 3.05) is 41.6 Å². The molecule has 2 N–H and O–H groups in total. The van der Waals surface area contributed by atoms with Crippen molar-refractivity contribution in [2.24, 2.45) is 28.1 Å².